The number of carbonyl (C=O) groups is 1. The van der Waals surface area contributed by atoms with Gasteiger partial charge in [0, 0.05) is 48.8 Å². The number of amides is 1. The molecule has 4 heteroatoms. The summed E-state index contributed by atoms with van der Waals surface area (Å²) in [4.78, 5) is 17.6. The van der Waals surface area contributed by atoms with Crippen molar-refractivity contribution in [3.8, 4) is 0 Å². The van der Waals surface area contributed by atoms with Gasteiger partial charge in [-0.05, 0) is 75.5 Å². The fourth-order valence-electron chi connectivity index (χ4n) is 4.71. The molecular formula is C26H33N3O. The third kappa shape index (κ3) is 4.29. The number of aromatic nitrogens is 1. The third-order valence-electron chi connectivity index (χ3n) is 6.49. The van der Waals surface area contributed by atoms with Gasteiger partial charge in [0.1, 0.15) is 0 Å². The maximum atomic E-state index is 13.1. The number of para-hydroxylation sites is 1. The Morgan fingerprint density at radius 3 is 2.47 bits per heavy atom. The van der Waals surface area contributed by atoms with Gasteiger partial charge in [-0.1, -0.05) is 30.3 Å². The zero-order valence-electron chi connectivity index (χ0n) is 18.5. The topological polar surface area (TPSA) is 28.5 Å². The molecule has 4 nitrogen and oxygen atoms in total. The molecule has 158 valence electrons. The summed E-state index contributed by atoms with van der Waals surface area (Å²) in [7, 11) is 2.09. The van der Waals surface area contributed by atoms with E-state index in [4.69, 9.17) is 0 Å². The first kappa shape index (κ1) is 20.7. The Balaban J connectivity index is 1.44. The second-order valence-electron chi connectivity index (χ2n) is 8.59. The van der Waals surface area contributed by atoms with E-state index in [1.54, 1.807) is 0 Å². The van der Waals surface area contributed by atoms with E-state index in [0.29, 0.717) is 6.04 Å². The molecule has 0 radical (unpaired) electrons. The monoisotopic (exact) mass is 403 g/mol. The molecule has 30 heavy (non-hydrogen) atoms. The molecule has 1 saturated heterocycles. The summed E-state index contributed by atoms with van der Waals surface area (Å²) in [6.45, 7) is 8.19. The van der Waals surface area contributed by atoms with E-state index in [2.05, 4.69) is 73.0 Å². The quantitative estimate of drug-likeness (QED) is 0.571. The number of hydrogen-bond donors (Lipinski definition) is 0. The molecule has 1 fully saturated rings. The molecule has 3 aromatic rings. The van der Waals surface area contributed by atoms with Crippen LogP contribution in [0.4, 0.5) is 0 Å². The number of nitrogens with zero attached hydrogens (tertiary/aromatic N) is 3. The SMILES string of the molecule is CCN(C[C@H](C)N1CCCC1)C(=O)c1ccc(Cc2cn(C)c3ccccc23)cc1. The van der Waals surface area contributed by atoms with Crippen LogP contribution in [0.5, 0.6) is 0 Å². The summed E-state index contributed by atoms with van der Waals surface area (Å²) < 4.78 is 2.18. The second kappa shape index (κ2) is 9.05. The van der Waals surface area contributed by atoms with Crippen molar-refractivity contribution >= 4 is 16.8 Å². The van der Waals surface area contributed by atoms with Crippen LogP contribution in [0.15, 0.2) is 54.7 Å². The maximum absolute atomic E-state index is 13.1. The summed E-state index contributed by atoms with van der Waals surface area (Å²) in [6.07, 6.45) is 5.65. The van der Waals surface area contributed by atoms with Gasteiger partial charge in [0.05, 0.1) is 0 Å². The Hall–Kier alpha value is -2.59. The average molecular weight is 404 g/mol. The van der Waals surface area contributed by atoms with E-state index in [0.717, 1.165) is 38.2 Å². The van der Waals surface area contributed by atoms with Crippen molar-refractivity contribution in [3.63, 3.8) is 0 Å². The number of hydrogen-bond acceptors (Lipinski definition) is 2. The molecule has 1 atom stereocenters. The van der Waals surface area contributed by atoms with Crippen molar-refractivity contribution in [2.45, 2.75) is 39.2 Å². The molecule has 0 N–H and O–H groups in total. The smallest absolute Gasteiger partial charge is 0.253 e. The van der Waals surface area contributed by atoms with Crippen molar-refractivity contribution in [3.05, 3.63) is 71.4 Å². The highest BCUT2D eigenvalue weighted by atomic mass is 16.2. The van der Waals surface area contributed by atoms with Crippen LogP contribution in [0.1, 0.15) is 48.2 Å². The number of aryl methyl sites for hydroxylation is 1. The molecule has 1 aliphatic heterocycles. The Bertz CT molecular complexity index is 999. The molecule has 0 saturated carbocycles. The van der Waals surface area contributed by atoms with Gasteiger partial charge in [-0.3, -0.25) is 9.69 Å². The fraction of sp³-hybridized carbons (Fsp3) is 0.423. The van der Waals surface area contributed by atoms with Crippen LogP contribution in [0.2, 0.25) is 0 Å². The third-order valence-corrected chi connectivity index (χ3v) is 6.49. The van der Waals surface area contributed by atoms with E-state index in [9.17, 15) is 4.79 Å². The standard InChI is InChI=1S/C26H33N3O/c1-4-28(18-20(2)29-15-7-8-16-29)26(30)22-13-11-21(12-14-22)17-23-19-27(3)25-10-6-5-9-24(23)25/h5-6,9-14,19-20H,4,7-8,15-18H2,1-3H3/t20-/m0/s1. The van der Waals surface area contributed by atoms with Crippen molar-refractivity contribution in [2.75, 3.05) is 26.2 Å². The first-order valence-corrected chi connectivity index (χ1v) is 11.2. The average Bonchev–Trinajstić information content (AvgIpc) is 3.41. The Morgan fingerprint density at radius 1 is 1.07 bits per heavy atom. The zero-order chi connectivity index (χ0) is 21.1. The summed E-state index contributed by atoms with van der Waals surface area (Å²) in [5.41, 5.74) is 4.59. The Morgan fingerprint density at radius 2 is 1.77 bits per heavy atom. The lowest BCUT2D eigenvalue weighted by molar-refractivity contribution is 0.0714. The van der Waals surface area contributed by atoms with E-state index in [1.807, 2.05) is 17.0 Å². The summed E-state index contributed by atoms with van der Waals surface area (Å²) in [5.74, 6) is 0.139. The molecule has 0 unspecified atom stereocenters. The van der Waals surface area contributed by atoms with Crippen LogP contribution in [0.3, 0.4) is 0 Å². The highest BCUT2D eigenvalue weighted by molar-refractivity contribution is 5.94. The maximum Gasteiger partial charge on any atom is 0.253 e. The van der Waals surface area contributed by atoms with Gasteiger partial charge in [0.25, 0.3) is 5.91 Å². The molecule has 1 aliphatic rings. The summed E-state index contributed by atoms with van der Waals surface area (Å²) in [5, 5.41) is 1.30. The largest absolute Gasteiger partial charge is 0.350 e. The lowest BCUT2D eigenvalue weighted by Crippen LogP contribution is -2.43. The Kier molecular flexibility index (Phi) is 6.24. The van der Waals surface area contributed by atoms with Crippen molar-refractivity contribution < 1.29 is 4.79 Å². The lowest BCUT2D eigenvalue weighted by Gasteiger charge is -2.30. The predicted molar refractivity (Wildman–Crippen MR) is 124 cm³/mol. The van der Waals surface area contributed by atoms with Crippen LogP contribution in [-0.4, -0.2) is 52.5 Å². The molecule has 1 amide bonds. The van der Waals surface area contributed by atoms with Crippen LogP contribution >= 0.6 is 0 Å². The normalized spacial score (nSPS) is 15.6. The van der Waals surface area contributed by atoms with E-state index in [-0.39, 0.29) is 5.91 Å². The molecule has 0 bridgehead atoms. The van der Waals surface area contributed by atoms with Crippen LogP contribution < -0.4 is 0 Å². The van der Waals surface area contributed by atoms with Crippen molar-refractivity contribution in [1.29, 1.82) is 0 Å². The van der Waals surface area contributed by atoms with E-state index < -0.39 is 0 Å². The van der Waals surface area contributed by atoms with Crippen LogP contribution in [0, 0.1) is 0 Å². The summed E-state index contributed by atoms with van der Waals surface area (Å²) in [6, 6.07) is 17.1. The number of benzene rings is 2. The van der Waals surface area contributed by atoms with Gasteiger partial charge in [0.15, 0.2) is 0 Å². The van der Waals surface area contributed by atoms with Crippen LogP contribution in [-0.2, 0) is 13.5 Å². The van der Waals surface area contributed by atoms with Gasteiger partial charge in [0.2, 0.25) is 0 Å². The number of fused-ring (bicyclic) bond motifs is 1. The van der Waals surface area contributed by atoms with E-state index in [1.165, 1.54) is 34.9 Å². The second-order valence-corrected chi connectivity index (χ2v) is 8.59. The molecule has 2 heterocycles. The zero-order valence-corrected chi connectivity index (χ0v) is 18.5. The first-order valence-electron chi connectivity index (χ1n) is 11.2. The van der Waals surface area contributed by atoms with Gasteiger partial charge < -0.3 is 9.47 Å². The minimum atomic E-state index is 0.139. The molecule has 0 spiro atoms. The highest BCUT2D eigenvalue weighted by Crippen LogP contribution is 2.23. The summed E-state index contributed by atoms with van der Waals surface area (Å²) >= 11 is 0. The van der Waals surface area contributed by atoms with Crippen molar-refractivity contribution in [1.82, 2.24) is 14.4 Å². The van der Waals surface area contributed by atoms with Crippen LogP contribution in [0.25, 0.3) is 10.9 Å². The fourth-order valence-corrected chi connectivity index (χ4v) is 4.71. The van der Waals surface area contributed by atoms with Gasteiger partial charge in [-0.15, -0.1) is 0 Å². The lowest BCUT2D eigenvalue weighted by atomic mass is 10.0. The molecule has 4 rings (SSSR count). The number of likely N-dealkylation sites (tertiary alicyclic amines) is 1. The Labute approximate surface area is 180 Å². The van der Waals surface area contributed by atoms with Gasteiger partial charge >= 0.3 is 0 Å². The molecule has 0 aliphatic carbocycles. The minimum absolute atomic E-state index is 0.139. The van der Waals surface area contributed by atoms with Crippen molar-refractivity contribution in [2.24, 2.45) is 7.05 Å². The minimum Gasteiger partial charge on any atom is -0.350 e. The number of rotatable bonds is 7. The molecule has 2 aromatic carbocycles. The van der Waals surface area contributed by atoms with Gasteiger partial charge in [-0.2, -0.15) is 0 Å². The predicted octanol–water partition coefficient (Wildman–Crippen LogP) is 4.72. The molecular weight excluding hydrogens is 370 g/mol. The first-order chi connectivity index (χ1) is 14.6. The van der Waals surface area contributed by atoms with Gasteiger partial charge in [-0.25, -0.2) is 0 Å². The number of carbonyl (C=O) groups excluding carboxylic acids is 1. The molecule has 1 aromatic heterocycles. The number of likely N-dealkylation sites (N-methyl/N-ethyl adjacent to an activating group) is 1. The van der Waals surface area contributed by atoms with E-state index >= 15 is 0 Å². The highest BCUT2D eigenvalue weighted by Gasteiger charge is 2.22.